The van der Waals surface area contributed by atoms with E-state index in [1.807, 2.05) is 6.92 Å². The van der Waals surface area contributed by atoms with Gasteiger partial charge in [0.15, 0.2) is 0 Å². The van der Waals surface area contributed by atoms with Crippen molar-refractivity contribution in [3.8, 4) is 0 Å². The van der Waals surface area contributed by atoms with Crippen LogP contribution in [0.5, 0.6) is 0 Å². The second-order valence-corrected chi connectivity index (χ2v) is 4.88. The van der Waals surface area contributed by atoms with Gasteiger partial charge < -0.3 is 10.2 Å². The van der Waals surface area contributed by atoms with Crippen molar-refractivity contribution in [1.29, 1.82) is 0 Å². The van der Waals surface area contributed by atoms with Crippen LogP contribution in [0.1, 0.15) is 38.6 Å². The number of hydrogen-bond acceptors (Lipinski definition) is 4. The van der Waals surface area contributed by atoms with E-state index in [1.54, 1.807) is 11.8 Å². The molecule has 1 fully saturated rings. The minimum atomic E-state index is -0.180. The summed E-state index contributed by atoms with van der Waals surface area (Å²) in [6, 6.07) is -0.180. The Bertz CT molecular complexity index is 437. The summed E-state index contributed by atoms with van der Waals surface area (Å²) in [4.78, 5) is 29.1. The SMILES string of the molecule is CC(=O)N1CCC(C(=O)NC(C)c2ncn[nH]2)CC1. The van der Waals surface area contributed by atoms with Crippen molar-refractivity contribution in [2.45, 2.75) is 32.7 Å². The van der Waals surface area contributed by atoms with E-state index in [2.05, 4.69) is 20.5 Å². The second kappa shape index (κ2) is 5.81. The second-order valence-electron chi connectivity index (χ2n) is 4.88. The molecule has 1 saturated heterocycles. The largest absolute Gasteiger partial charge is 0.346 e. The lowest BCUT2D eigenvalue weighted by atomic mass is 9.95. The van der Waals surface area contributed by atoms with Crippen LogP contribution >= 0.6 is 0 Å². The normalized spacial score (nSPS) is 18.1. The molecule has 0 spiro atoms. The van der Waals surface area contributed by atoms with Crippen LogP contribution in [0.4, 0.5) is 0 Å². The lowest BCUT2D eigenvalue weighted by molar-refractivity contribution is -0.134. The maximum Gasteiger partial charge on any atom is 0.223 e. The van der Waals surface area contributed by atoms with Gasteiger partial charge in [-0.2, -0.15) is 5.10 Å². The van der Waals surface area contributed by atoms with Gasteiger partial charge in [0.2, 0.25) is 11.8 Å². The molecule has 0 aliphatic carbocycles. The van der Waals surface area contributed by atoms with Crippen molar-refractivity contribution in [1.82, 2.24) is 25.4 Å². The Morgan fingerprint density at radius 2 is 2.16 bits per heavy atom. The molecule has 104 valence electrons. The van der Waals surface area contributed by atoms with Crippen LogP contribution in [-0.2, 0) is 9.59 Å². The average molecular weight is 265 g/mol. The minimum absolute atomic E-state index is 0.0205. The van der Waals surface area contributed by atoms with E-state index >= 15 is 0 Å². The zero-order valence-corrected chi connectivity index (χ0v) is 11.2. The first-order valence-corrected chi connectivity index (χ1v) is 6.49. The number of carbonyl (C=O) groups is 2. The van der Waals surface area contributed by atoms with E-state index in [9.17, 15) is 9.59 Å². The molecule has 2 heterocycles. The lowest BCUT2D eigenvalue weighted by Crippen LogP contribution is -2.42. The summed E-state index contributed by atoms with van der Waals surface area (Å²) in [5, 5.41) is 9.42. The number of aromatic amines is 1. The zero-order chi connectivity index (χ0) is 13.8. The van der Waals surface area contributed by atoms with Crippen LogP contribution in [0.25, 0.3) is 0 Å². The summed E-state index contributed by atoms with van der Waals surface area (Å²) in [5.74, 6) is 0.719. The van der Waals surface area contributed by atoms with Crippen molar-refractivity contribution in [2.75, 3.05) is 13.1 Å². The molecule has 0 aromatic carbocycles. The molecule has 7 heteroatoms. The fourth-order valence-electron chi connectivity index (χ4n) is 2.28. The van der Waals surface area contributed by atoms with Gasteiger partial charge in [-0.05, 0) is 19.8 Å². The molecular weight excluding hydrogens is 246 g/mol. The Kier molecular flexibility index (Phi) is 4.13. The van der Waals surface area contributed by atoms with Gasteiger partial charge in [0.1, 0.15) is 12.2 Å². The summed E-state index contributed by atoms with van der Waals surface area (Å²) >= 11 is 0. The fraction of sp³-hybridized carbons (Fsp3) is 0.667. The van der Waals surface area contributed by atoms with Crippen LogP contribution in [0.3, 0.4) is 0 Å². The van der Waals surface area contributed by atoms with Gasteiger partial charge in [-0.3, -0.25) is 14.7 Å². The van der Waals surface area contributed by atoms with Gasteiger partial charge in [0.05, 0.1) is 6.04 Å². The molecule has 1 aromatic heterocycles. The zero-order valence-electron chi connectivity index (χ0n) is 11.2. The Labute approximate surface area is 111 Å². The average Bonchev–Trinajstić information content (AvgIpc) is 2.92. The Morgan fingerprint density at radius 1 is 1.47 bits per heavy atom. The standard InChI is InChI=1S/C12H19N5O2/c1-8(11-13-7-14-16-11)15-12(19)10-3-5-17(6-4-10)9(2)18/h7-8,10H,3-6H2,1-2H3,(H,15,19)(H,13,14,16). The van der Waals surface area contributed by atoms with Gasteiger partial charge in [0, 0.05) is 25.9 Å². The molecule has 1 aromatic rings. The van der Waals surface area contributed by atoms with Crippen molar-refractivity contribution in [3.05, 3.63) is 12.2 Å². The molecule has 1 unspecified atom stereocenters. The molecule has 1 atom stereocenters. The first-order valence-electron chi connectivity index (χ1n) is 6.49. The molecule has 7 nitrogen and oxygen atoms in total. The highest BCUT2D eigenvalue weighted by molar-refractivity contribution is 5.79. The molecule has 1 aliphatic rings. The van der Waals surface area contributed by atoms with E-state index < -0.39 is 0 Å². The van der Waals surface area contributed by atoms with Gasteiger partial charge in [-0.15, -0.1) is 0 Å². The van der Waals surface area contributed by atoms with Crippen LogP contribution < -0.4 is 5.32 Å². The highest BCUT2D eigenvalue weighted by Crippen LogP contribution is 2.18. The molecule has 0 radical (unpaired) electrons. The number of rotatable bonds is 3. The monoisotopic (exact) mass is 265 g/mol. The topological polar surface area (TPSA) is 91.0 Å². The molecule has 0 bridgehead atoms. The van der Waals surface area contributed by atoms with Crippen LogP contribution in [0, 0.1) is 5.92 Å². The van der Waals surface area contributed by atoms with Gasteiger partial charge >= 0.3 is 0 Å². The van der Waals surface area contributed by atoms with E-state index in [0.717, 1.165) is 0 Å². The van der Waals surface area contributed by atoms with Crippen molar-refractivity contribution < 1.29 is 9.59 Å². The van der Waals surface area contributed by atoms with Gasteiger partial charge in [0.25, 0.3) is 0 Å². The van der Waals surface area contributed by atoms with E-state index in [1.165, 1.54) is 6.33 Å². The summed E-state index contributed by atoms with van der Waals surface area (Å²) in [5.41, 5.74) is 0. The molecule has 0 saturated carbocycles. The maximum atomic E-state index is 12.1. The number of nitrogens with zero attached hydrogens (tertiary/aromatic N) is 3. The van der Waals surface area contributed by atoms with Crippen LogP contribution in [0.15, 0.2) is 6.33 Å². The third-order valence-electron chi connectivity index (χ3n) is 3.51. The number of piperidine rings is 1. The third-order valence-corrected chi connectivity index (χ3v) is 3.51. The smallest absolute Gasteiger partial charge is 0.223 e. The summed E-state index contributed by atoms with van der Waals surface area (Å²) in [6.45, 7) is 4.74. The molecular formula is C12H19N5O2. The van der Waals surface area contributed by atoms with Crippen molar-refractivity contribution >= 4 is 11.8 Å². The number of nitrogens with one attached hydrogen (secondary N) is 2. The lowest BCUT2D eigenvalue weighted by Gasteiger charge is -2.31. The quantitative estimate of drug-likeness (QED) is 0.819. The van der Waals surface area contributed by atoms with E-state index in [-0.39, 0.29) is 23.8 Å². The summed E-state index contributed by atoms with van der Waals surface area (Å²) in [7, 11) is 0. The molecule has 1 aliphatic heterocycles. The highest BCUT2D eigenvalue weighted by atomic mass is 16.2. The Morgan fingerprint density at radius 3 is 2.68 bits per heavy atom. The number of aromatic nitrogens is 3. The number of hydrogen-bond donors (Lipinski definition) is 2. The third kappa shape index (κ3) is 3.30. The predicted octanol–water partition coefficient (Wildman–Crippen LogP) is 0.240. The van der Waals surface area contributed by atoms with E-state index in [4.69, 9.17) is 0 Å². The van der Waals surface area contributed by atoms with Crippen LogP contribution in [-0.4, -0.2) is 45.0 Å². The van der Waals surface area contributed by atoms with Gasteiger partial charge in [-0.25, -0.2) is 4.98 Å². The van der Waals surface area contributed by atoms with Crippen molar-refractivity contribution in [3.63, 3.8) is 0 Å². The van der Waals surface area contributed by atoms with Crippen molar-refractivity contribution in [2.24, 2.45) is 5.92 Å². The maximum absolute atomic E-state index is 12.1. The molecule has 19 heavy (non-hydrogen) atoms. The fourth-order valence-corrected chi connectivity index (χ4v) is 2.28. The Hall–Kier alpha value is -1.92. The molecule has 2 rings (SSSR count). The van der Waals surface area contributed by atoms with Crippen LogP contribution in [0.2, 0.25) is 0 Å². The first-order chi connectivity index (χ1) is 9.08. The van der Waals surface area contributed by atoms with Gasteiger partial charge in [-0.1, -0.05) is 0 Å². The number of likely N-dealkylation sites (tertiary alicyclic amines) is 1. The molecule has 2 N–H and O–H groups in total. The molecule has 2 amide bonds. The highest BCUT2D eigenvalue weighted by Gasteiger charge is 2.27. The minimum Gasteiger partial charge on any atom is -0.346 e. The predicted molar refractivity (Wildman–Crippen MR) is 67.9 cm³/mol. The number of carbonyl (C=O) groups excluding carboxylic acids is 2. The Balaban J connectivity index is 1.83. The number of H-pyrrole nitrogens is 1. The first kappa shape index (κ1) is 13.5. The number of amides is 2. The summed E-state index contributed by atoms with van der Waals surface area (Å²) in [6.07, 6.45) is 2.85. The summed E-state index contributed by atoms with van der Waals surface area (Å²) < 4.78 is 0. The van der Waals surface area contributed by atoms with E-state index in [0.29, 0.717) is 31.8 Å².